The molecule has 1 N–H and O–H groups in total. The molecule has 0 atom stereocenters. The fraction of sp³-hybridized carbons (Fsp3) is 0.105. The monoisotopic (exact) mass is 401 g/mol. The number of hydrogen-bond acceptors (Lipinski definition) is 5. The molecular weight excluding hydrogens is 387 g/mol. The summed E-state index contributed by atoms with van der Waals surface area (Å²) in [5, 5.41) is 3.07. The van der Waals surface area contributed by atoms with Crippen LogP contribution in [0.2, 0.25) is 0 Å². The van der Waals surface area contributed by atoms with Gasteiger partial charge in [0.05, 0.1) is 12.4 Å². The Morgan fingerprint density at radius 3 is 2.50 bits per heavy atom. The highest BCUT2D eigenvalue weighted by Gasteiger charge is 2.38. The number of anilines is 2. The zero-order chi connectivity index (χ0) is 19.7. The molecule has 0 radical (unpaired) electrons. The van der Waals surface area contributed by atoms with Crippen molar-refractivity contribution in [1.82, 2.24) is 19.4 Å². The summed E-state index contributed by atoms with van der Waals surface area (Å²) in [6.45, 7) is 0. The van der Waals surface area contributed by atoms with Crippen LogP contribution in [0, 0.1) is 0 Å². The molecule has 0 aliphatic rings. The average molecular weight is 401 g/mol. The Hall–Kier alpha value is -3.07. The van der Waals surface area contributed by atoms with Crippen LogP contribution in [0.1, 0.15) is 5.69 Å². The molecule has 0 bridgehead atoms. The van der Waals surface area contributed by atoms with Crippen molar-refractivity contribution in [2.24, 2.45) is 0 Å². The number of rotatable bonds is 4. The maximum Gasteiger partial charge on any atom is 0.435 e. The van der Waals surface area contributed by atoms with Crippen molar-refractivity contribution in [3.8, 4) is 11.4 Å². The third kappa shape index (κ3) is 3.53. The Labute approximate surface area is 162 Å². The lowest BCUT2D eigenvalue weighted by atomic mass is 10.2. The molecule has 4 rings (SSSR count). The van der Waals surface area contributed by atoms with E-state index in [0.29, 0.717) is 5.82 Å². The number of imidazole rings is 1. The van der Waals surface area contributed by atoms with Gasteiger partial charge in [-0.3, -0.25) is 9.38 Å². The van der Waals surface area contributed by atoms with E-state index in [1.54, 1.807) is 23.9 Å². The van der Waals surface area contributed by atoms with Gasteiger partial charge in [0, 0.05) is 16.8 Å². The predicted molar refractivity (Wildman–Crippen MR) is 103 cm³/mol. The largest absolute Gasteiger partial charge is 0.435 e. The fourth-order valence-corrected chi connectivity index (χ4v) is 3.21. The lowest BCUT2D eigenvalue weighted by Gasteiger charge is -2.10. The van der Waals surface area contributed by atoms with Crippen LogP contribution in [0.3, 0.4) is 0 Å². The van der Waals surface area contributed by atoms with Crippen LogP contribution in [0.4, 0.5) is 24.7 Å². The van der Waals surface area contributed by atoms with Crippen LogP contribution in [-0.4, -0.2) is 25.6 Å². The Bertz CT molecular complexity index is 1120. The van der Waals surface area contributed by atoms with Gasteiger partial charge in [0.25, 0.3) is 0 Å². The molecule has 0 spiro atoms. The minimum absolute atomic E-state index is 0.0803. The van der Waals surface area contributed by atoms with Gasteiger partial charge in [-0.25, -0.2) is 9.97 Å². The molecule has 0 saturated carbocycles. The first-order valence-corrected chi connectivity index (χ1v) is 9.46. The molecule has 4 aromatic rings. The highest BCUT2D eigenvalue weighted by atomic mass is 32.2. The fourth-order valence-electron chi connectivity index (χ4n) is 2.80. The number of nitrogens with zero attached hydrogens (tertiary/aromatic N) is 4. The summed E-state index contributed by atoms with van der Waals surface area (Å²) in [6.07, 6.45) is 1.65. The van der Waals surface area contributed by atoms with Gasteiger partial charge in [-0.2, -0.15) is 13.2 Å². The van der Waals surface area contributed by atoms with E-state index in [-0.39, 0.29) is 17.0 Å². The van der Waals surface area contributed by atoms with Crippen LogP contribution < -0.4 is 5.32 Å². The van der Waals surface area contributed by atoms with E-state index in [1.165, 1.54) is 29.1 Å². The standard InChI is InChI=1S/C19H14F3N5S/c1-28-13-7-5-12(6-8-13)24-15-11-23-10-14(25-15)17-18(19(20,21)22)26-16-4-2-3-9-27(16)17/h2-11H,1H3,(H,24,25). The number of aromatic nitrogens is 4. The maximum atomic E-state index is 13.5. The molecule has 1 aromatic carbocycles. The van der Waals surface area contributed by atoms with Crippen LogP contribution in [0.15, 0.2) is 66.0 Å². The van der Waals surface area contributed by atoms with Crippen molar-refractivity contribution >= 4 is 28.9 Å². The van der Waals surface area contributed by atoms with Crippen molar-refractivity contribution in [3.05, 3.63) is 66.7 Å². The Morgan fingerprint density at radius 2 is 1.79 bits per heavy atom. The third-order valence-corrected chi connectivity index (χ3v) is 4.78. The number of pyridine rings is 1. The first-order valence-electron chi connectivity index (χ1n) is 8.23. The van der Waals surface area contributed by atoms with Crippen LogP contribution in [0.5, 0.6) is 0 Å². The first-order chi connectivity index (χ1) is 13.5. The maximum absolute atomic E-state index is 13.5. The number of hydrogen-bond donors (Lipinski definition) is 1. The highest BCUT2D eigenvalue weighted by molar-refractivity contribution is 7.98. The van der Waals surface area contributed by atoms with E-state index < -0.39 is 11.9 Å². The molecule has 0 aliphatic heterocycles. The van der Waals surface area contributed by atoms with Crippen LogP contribution in [0.25, 0.3) is 17.0 Å². The summed E-state index contributed by atoms with van der Waals surface area (Å²) >= 11 is 1.62. The van der Waals surface area contributed by atoms with Crippen LogP contribution >= 0.6 is 11.8 Å². The molecule has 0 fully saturated rings. The molecule has 0 unspecified atom stereocenters. The predicted octanol–water partition coefficient (Wildman–Crippen LogP) is 5.28. The summed E-state index contributed by atoms with van der Waals surface area (Å²) in [5.41, 5.74) is -0.0979. The Morgan fingerprint density at radius 1 is 1.00 bits per heavy atom. The van der Waals surface area contributed by atoms with Crippen molar-refractivity contribution in [3.63, 3.8) is 0 Å². The number of thioether (sulfide) groups is 1. The summed E-state index contributed by atoms with van der Waals surface area (Å²) in [4.78, 5) is 13.2. The molecule has 9 heteroatoms. The van der Waals surface area contributed by atoms with Crippen LogP contribution in [-0.2, 0) is 6.18 Å². The summed E-state index contributed by atoms with van der Waals surface area (Å²) < 4.78 is 42.0. The molecule has 3 aromatic heterocycles. The van der Waals surface area contributed by atoms with E-state index in [9.17, 15) is 13.2 Å². The first kappa shape index (κ1) is 18.3. The smallest absolute Gasteiger partial charge is 0.339 e. The normalized spacial score (nSPS) is 11.7. The molecule has 28 heavy (non-hydrogen) atoms. The van der Waals surface area contributed by atoms with E-state index in [0.717, 1.165) is 10.6 Å². The molecule has 5 nitrogen and oxygen atoms in total. The van der Waals surface area contributed by atoms with Crippen molar-refractivity contribution in [2.45, 2.75) is 11.1 Å². The second-order valence-electron chi connectivity index (χ2n) is 5.88. The molecule has 0 saturated heterocycles. The van der Waals surface area contributed by atoms with Gasteiger partial charge in [-0.1, -0.05) is 6.07 Å². The lowest BCUT2D eigenvalue weighted by Crippen LogP contribution is -2.09. The zero-order valence-electron chi connectivity index (χ0n) is 14.6. The van der Waals surface area contributed by atoms with Gasteiger partial charge in [0.1, 0.15) is 22.9 Å². The molecular formula is C19H14F3N5S. The molecule has 3 heterocycles. The second kappa shape index (κ2) is 7.16. The lowest BCUT2D eigenvalue weighted by molar-refractivity contribution is -0.140. The van der Waals surface area contributed by atoms with E-state index in [4.69, 9.17) is 0 Å². The number of benzene rings is 1. The van der Waals surface area contributed by atoms with E-state index in [1.807, 2.05) is 30.5 Å². The molecule has 0 aliphatic carbocycles. The number of alkyl halides is 3. The minimum Gasteiger partial charge on any atom is -0.339 e. The summed E-state index contributed by atoms with van der Waals surface area (Å²) in [6, 6.07) is 12.4. The Kier molecular flexibility index (Phi) is 4.68. The quantitative estimate of drug-likeness (QED) is 0.472. The van der Waals surface area contributed by atoms with Gasteiger partial charge >= 0.3 is 6.18 Å². The topological polar surface area (TPSA) is 55.1 Å². The molecule has 142 valence electrons. The number of fused-ring (bicyclic) bond motifs is 1. The SMILES string of the molecule is CSc1ccc(Nc2cncc(-c3c(C(F)(F)F)nc4ccccn34)n2)cc1. The number of nitrogens with one attached hydrogen (secondary N) is 1. The average Bonchev–Trinajstić information content (AvgIpc) is 3.09. The second-order valence-corrected chi connectivity index (χ2v) is 6.76. The van der Waals surface area contributed by atoms with E-state index >= 15 is 0 Å². The van der Waals surface area contributed by atoms with E-state index in [2.05, 4.69) is 20.3 Å². The van der Waals surface area contributed by atoms with Gasteiger partial charge in [0.15, 0.2) is 5.69 Å². The van der Waals surface area contributed by atoms with Crippen molar-refractivity contribution in [2.75, 3.05) is 11.6 Å². The van der Waals surface area contributed by atoms with Gasteiger partial charge in [-0.15, -0.1) is 11.8 Å². The number of halogens is 3. The summed E-state index contributed by atoms with van der Waals surface area (Å²) in [5.74, 6) is 0.341. The van der Waals surface area contributed by atoms with Gasteiger partial charge in [-0.05, 0) is 42.7 Å². The highest BCUT2D eigenvalue weighted by Crippen LogP contribution is 2.36. The van der Waals surface area contributed by atoms with Gasteiger partial charge < -0.3 is 5.32 Å². The minimum atomic E-state index is -4.61. The van der Waals surface area contributed by atoms with Crippen molar-refractivity contribution in [1.29, 1.82) is 0 Å². The van der Waals surface area contributed by atoms with Gasteiger partial charge in [0.2, 0.25) is 0 Å². The molecule has 0 amide bonds. The third-order valence-electron chi connectivity index (χ3n) is 4.04. The zero-order valence-corrected chi connectivity index (χ0v) is 15.4. The summed E-state index contributed by atoms with van der Waals surface area (Å²) in [7, 11) is 0. The Balaban J connectivity index is 1.77. The van der Waals surface area contributed by atoms with Crippen molar-refractivity contribution < 1.29 is 13.2 Å².